The van der Waals surface area contributed by atoms with E-state index in [1.54, 1.807) is 23.0 Å². The zero-order chi connectivity index (χ0) is 8.10. The lowest BCUT2D eigenvalue weighted by Crippen LogP contribution is -2.13. The zero-order valence-electron chi connectivity index (χ0n) is 5.82. The first-order chi connectivity index (χ1) is 5.29. The van der Waals surface area contributed by atoms with Crippen LogP contribution in [0.2, 0.25) is 0 Å². The Hall–Kier alpha value is -0.550. The summed E-state index contributed by atoms with van der Waals surface area (Å²) in [4.78, 5) is 15.4. The molecule has 60 valence electrons. The summed E-state index contributed by atoms with van der Waals surface area (Å²) in [6.07, 6.45) is 1.80. The molecule has 0 saturated heterocycles. The fourth-order valence-electron chi connectivity index (χ4n) is 0.566. The molecule has 0 aromatic carbocycles. The summed E-state index contributed by atoms with van der Waals surface area (Å²) >= 11 is 3.11. The van der Waals surface area contributed by atoms with Crippen LogP contribution in [0.25, 0.3) is 0 Å². The van der Waals surface area contributed by atoms with Gasteiger partial charge in [0.1, 0.15) is 0 Å². The number of aromatic nitrogens is 1. The normalized spacial score (nSPS) is 9.82. The molecule has 1 amide bonds. The molecule has 11 heavy (non-hydrogen) atoms. The molecule has 0 fully saturated rings. The van der Waals surface area contributed by atoms with Gasteiger partial charge in [-0.15, -0.1) is 23.1 Å². The second-order valence-electron chi connectivity index (χ2n) is 1.93. The van der Waals surface area contributed by atoms with E-state index in [0.717, 1.165) is 5.75 Å². The van der Waals surface area contributed by atoms with E-state index in [4.69, 9.17) is 5.73 Å². The van der Waals surface area contributed by atoms with Gasteiger partial charge < -0.3 is 5.73 Å². The molecule has 3 nitrogen and oxygen atoms in total. The van der Waals surface area contributed by atoms with E-state index >= 15 is 0 Å². The number of nitrogens with zero attached hydrogens (tertiary/aromatic N) is 1. The van der Waals surface area contributed by atoms with Crippen LogP contribution < -0.4 is 5.73 Å². The molecule has 1 rings (SSSR count). The third-order valence-electron chi connectivity index (χ3n) is 0.972. The van der Waals surface area contributed by atoms with Crippen molar-refractivity contribution in [2.75, 3.05) is 5.75 Å². The molecule has 0 aliphatic heterocycles. The SMILES string of the molecule is NC(=O)CSCc1cncs1. The van der Waals surface area contributed by atoms with Crippen molar-refractivity contribution in [3.8, 4) is 0 Å². The zero-order valence-corrected chi connectivity index (χ0v) is 7.45. The Bertz CT molecular complexity index is 222. The highest BCUT2D eigenvalue weighted by Gasteiger charge is 1.97. The maximum absolute atomic E-state index is 10.3. The average molecular weight is 188 g/mol. The van der Waals surface area contributed by atoms with Crippen LogP contribution in [0.15, 0.2) is 11.7 Å². The van der Waals surface area contributed by atoms with Gasteiger partial charge in [-0.05, 0) is 0 Å². The Morgan fingerprint density at radius 1 is 1.82 bits per heavy atom. The van der Waals surface area contributed by atoms with Crippen LogP contribution in [0.4, 0.5) is 0 Å². The Morgan fingerprint density at radius 2 is 2.64 bits per heavy atom. The van der Waals surface area contributed by atoms with Gasteiger partial charge in [-0.1, -0.05) is 0 Å². The monoisotopic (exact) mass is 188 g/mol. The van der Waals surface area contributed by atoms with Gasteiger partial charge in [-0.25, -0.2) is 0 Å². The summed E-state index contributed by atoms with van der Waals surface area (Å²) < 4.78 is 0. The van der Waals surface area contributed by atoms with Crippen LogP contribution in [0.5, 0.6) is 0 Å². The number of rotatable bonds is 4. The first kappa shape index (κ1) is 8.55. The molecule has 0 atom stereocenters. The maximum atomic E-state index is 10.3. The Labute approximate surface area is 73.0 Å². The van der Waals surface area contributed by atoms with Crippen molar-refractivity contribution in [3.63, 3.8) is 0 Å². The van der Waals surface area contributed by atoms with Crippen LogP contribution in [0.1, 0.15) is 4.88 Å². The summed E-state index contributed by atoms with van der Waals surface area (Å²) in [5.74, 6) is 0.949. The fraction of sp³-hybridized carbons (Fsp3) is 0.333. The van der Waals surface area contributed by atoms with Crippen molar-refractivity contribution >= 4 is 29.0 Å². The number of hydrogen-bond acceptors (Lipinski definition) is 4. The third kappa shape index (κ3) is 3.38. The number of hydrogen-bond donors (Lipinski definition) is 1. The van der Waals surface area contributed by atoms with Crippen LogP contribution >= 0.6 is 23.1 Å². The van der Waals surface area contributed by atoms with Gasteiger partial charge in [0.25, 0.3) is 0 Å². The lowest BCUT2D eigenvalue weighted by Gasteiger charge is -1.93. The number of thioether (sulfide) groups is 1. The first-order valence-corrected chi connectivity index (χ1v) is 5.06. The molecule has 0 bridgehead atoms. The predicted molar refractivity (Wildman–Crippen MR) is 47.5 cm³/mol. The van der Waals surface area contributed by atoms with Gasteiger partial charge in [0.2, 0.25) is 5.91 Å². The van der Waals surface area contributed by atoms with Gasteiger partial charge in [-0.2, -0.15) is 0 Å². The molecule has 0 aliphatic carbocycles. The second-order valence-corrected chi connectivity index (χ2v) is 3.88. The molecule has 0 saturated carbocycles. The second kappa shape index (κ2) is 4.35. The molecule has 0 radical (unpaired) electrons. The topological polar surface area (TPSA) is 56.0 Å². The number of carbonyl (C=O) groups is 1. The van der Waals surface area contributed by atoms with Gasteiger partial charge in [-0.3, -0.25) is 9.78 Å². The van der Waals surface area contributed by atoms with Crippen LogP contribution in [-0.2, 0) is 10.5 Å². The third-order valence-corrected chi connectivity index (χ3v) is 2.94. The molecule has 5 heteroatoms. The molecular formula is C6H8N2OS2. The number of carbonyl (C=O) groups excluding carboxylic acids is 1. The highest BCUT2D eigenvalue weighted by Crippen LogP contribution is 2.14. The van der Waals surface area contributed by atoms with Crippen LogP contribution in [0.3, 0.4) is 0 Å². The molecular weight excluding hydrogens is 180 g/mol. The Morgan fingerprint density at radius 3 is 3.18 bits per heavy atom. The van der Waals surface area contributed by atoms with E-state index in [-0.39, 0.29) is 5.91 Å². The van der Waals surface area contributed by atoms with E-state index in [0.29, 0.717) is 5.75 Å². The van der Waals surface area contributed by atoms with Crippen molar-refractivity contribution in [2.45, 2.75) is 5.75 Å². The smallest absolute Gasteiger partial charge is 0.227 e. The number of amides is 1. The highest BCUT2D eigenvalue weighted by atomic mass is 32.2. The number of thiazole rings is 1. The molecule has 0 spiro atoms. The Kier molecular flexibility index (Phi) is 3.38. The minimum atomic E-state index is -0.264. The summed E-state index contributed by atoms with van der Waals surface area (Å²) in [6, 6.07) is 0. The molecule has 1 heterocycles. The van der Waals surface area contributed by atoms with Gasteiger partial charge in [0.05, 0.1) is 11.3 Å². The minimum Gasteiger partial charge on any atom is -0.369 e. The average Bonchev–Trinajstić information content (AvgIpc) is 2.39. The van der Waals surface area contributed by atoms with Crippen LogP contribution in [0, 0.1) is 0 Å². The molecule has 1 aromatic rings. The van der Waals surface area contributed by atoms with Crippen molar-refractivity contribution in [2.24, 2.45) is 5.73 Å². The van der Waals surface area contributed by atoms with E-state index in [9.17, 15) is 4.79 Å². The van der Waals surface area contributed by atoms with Crippen molar-refractivity contribution in [1.29, 1.82) is 0 Å². The van der Waals surface area contributed by atoms with Crippen molar-refractivity contribution in [1.82, 2.24) is 4.98 Å². The van der Waals surface area contributed by atoms with E-state index in [1.165, 1.54) is 16.6 Å². The van der Waals surface area contributed by atoms with Gasteiger partial charge >= 0.3 is 0 Å². The summed E-state index contributed by atoms with van der Waals surface area (Å²) in [6.45, 7) is 0. The quantitative estimate of drug-likeness (QED) is 0.762. The standard InChI is InChI=1S/C6H8N2OS2/c7-6(9)3-10-2-5-1-8-4-11-5/h1,4H,2-3H2,(H2,7,9). The lowest BCUT2D eigenvalue weighted by atomic mass is 10.6. The fourth-order valence-corrected chi connectivity index (χ4v) is 2.05. The predicted octanol–water partition coefficient (Wildman–Crippen LogP) is 0.862. The minimum absolute atomic E-state index is 0.264. The van der Waals surface area contributed by atoms with Crippen molar-refractivity contribution in [3.05, 3.63) is 16.6 Å². The van der Waals surface area contributed by atoms with Gasteiger partial charge in [0.15, 0.2) is 0 Å². The molecule has 1 aromatic heterocycles. The van der Waals surface area contributed by atoms with Gasteiger partial charge in [0, 0.05) is 16.8 Å². The summed E-state index contributed by atoms with van der Waals surface area (Å²) in [5, 5.41) is 0. The van der Waals surface area contributed by atoms with E-state index in [1.807, 2.05) is 0 Å². The first-order valence-electron chi connectivity index (χ1n) is 3.02. The molecule has 0 aliphatic rings. The van der Waals surface area contributed by atoms with Crippen molar-refractivity contribution < 1.29 is 4.79 Å². The van der Waals surface area contributed by atoms with E-state index in [2.05, 4.69) is 4.98 Å². The molecule has 2 N–H and O–H groups in total. The van der Waals surface area contributed by atoms with E-state index < -0.39 is 0 Å². The number of nitrogens with two attached hydrogens (primary N) is 1. The maximum Gasteiger partial charge on any atom is 0.227 e. The largest absolute Gasteiger partial charge is 0.369 e. The summed E-state index contributed by atoms with van der Waals surface area (Å²) in [7, 11) is 0. The van der Waals surface area contributed by atoms with Crippen LogP contribution in [-0.4, -0.2) is 16.6 Å². The molecule has 0 unspecified atom stereocenters. The Balaban J connectivity index is 2.19. The number of primary amides is 1. The lowest BCUT2D eigenvalue weighted by molar-refractivity contribution is -0.115. The highest BCUT2D eigenvalue weighted by molar-refractivity contribution is 7.99. The summed E-state index contributed by atoms with van der Waals surface area (Å²) in [5.41, 5.74) is 6.74.